The average molecular weight is 455 g/mol. The van der Waals surface area contributed by atoms with E-state index in [1.54, 1.807) is 0 Å². The van der Waals surface area contributed by atoms with Crippen LogP contribution in [0, 0.1) is 0 Å². The molecule has 7 heteroatoms. The van der Waals surface area contributed by atoms with Crippen molar-refractivity contribution in [2.75, 3.05) is 45.1 Å². The van der Waals surface area contributed by atoms with Crippen LogP contribution >= 0.6 is 0 Å². The molecule has 0 radical (unpaired) electrons. The predicted octanol–water partition coefficient (Wildman–Crippen LogP) is 3.84. The molecule has 2 aromatic carbocycles. The summed E-state index contributed by atoms with van der Waals surface area (Å²) in [5, 5.41) is 12.8. The molecule has 0 unspecified atom stereocenters. The number of benzene rings is 2. The summed E-state index contributed by atoms with van der Waals surface area (Å²) in [5.74, 6) is 0.0441. The van der Waals surface area contributed by atoms with E-state index >= 15 is 0 Å². The summed E-state index contributed by atoms with van der Waals surface area (Å²) in [6.07, 6.45) is 6.44. The summed E-state index contributed by atoms with van der Waals surface area (Å²) in [7, 11) is 2.12. The number of hydrogen-bond acceptors (Lipinski definition) is 5. The van der Waals surface area contributed by atoms with Crippen LogP contribution < -0.4 is 5.32 Å². The van der Waals surface area contributed by atoms with Gasteiger partial charge in [-0.2, -0.15) is 5.10 Å². The molecule has 2 N–H and O–H groups in total. The standard InChI is InChI=1S/C27H30N6O/c1-32-12-14-33(15-13-32)17-25(34)29-19-8-6-18(7-9-19)27-21-5-3-2-4-20(21)26-22-16-28-31-23(22)10-11-24(26)30-27/h6-11,16H,2-5,12-15,17H2,1H3,(H,28,31)(H,29,34). The molecular weight excluding hydrogens is 424 g/mol. The number of piperazine rings is 1. The molecule has 0 saturated carbocycles. The van der Waals surface area contributed by atoms with Crippen LogP contribution in [0.15, 0.2) is 42.6 Å². The second kappa shape index (κ2) is 8.81. The van der Waals surface area contributed by atoms with Gasteiger partial charge < -0.3 is 10.2 Å². The van der Waals surface area contributed by atoms with Crippen LogP contribution in [0.1, 0.15) is 24.0 Å². The number of H-pyrrole nitrogens is 1. The zero-order valence-corrected chi connectivity index (χ0v) is 19.6. The van der Waals surface area contributed by atoms with Crippen LogP contribution in [0.4, 0.5) is 5.69 Å². The monoisotopic (exact) mass is 454 g/mol. The van der Waals surface area contributed by atoms with E-state index in [-0.39, 0.29) is 5.91 Å². The van der Waals surface area contributed by atoms with Crippen molar-refractivity contribution >= 4 is 33.4 Å². The van der Waals surface area contributed by atoms with Gasteiger partial charge in [-0.1, -0.05) is 12.1 Å². The van der Waals surface area contributed by atoms with Gasteiger partial charge in [-0.3, -0.25) is 14.8 Å². The van der Waals surface area contributed by atoms with E-state index in [1.807, 2.05) is 18.3 Å². The maximum absolute atomic E-state index is 12.6. The van der Waals surface area contributed by atoms with E-state index in [4.69, 9.17) is 4.98 Å². The highest BCUT2D eigenvalue weighted by Crippen LogP contribution is 2.38. The van der Waals surface area contributed by atoms with Crippen LogP contribution in [-0.2, 0) is 17.6 Å². The van der Waals surface area contributed by atoms with Crippen LogP contribution in [0.5, 0.6) is 0 Å². The molecule has 3 heterocycles. The number of likely N-dealkylation sites (N-methyl/N-ethyl adjacent to an activating group) is 1. The number of aryl methyl sites for hydroxylation is 1. The van der Waals surface area contributed by atoms with Crippen LogP contribution in [0.2, 0.25) is 0 Å². The van der Waals surface area contributed by atoms with Gasteiger partial charge in [0.2, 0.25) is 5.91 Å². The number of pyridine rings is 1. The number of hydrogen-bond donors (Lipinski definition) is 2. The van der Waals surface area contributed by atoms with E-state index in [0.29, 0.717) is 6.54 Å². The fraction of sp³-hybridized carbons (Fsp3) is 0.370. The van der Waals surface area contributed by atoms with Crippen molar-refractivity contribution in [2.24, 2.45) is 0 Å². The number of amides is 1. The van der Waals surface area contributed by atoms with Gasteiger partial charge in [0.1, 0.15) is 0 Å². The Labute approximate surface area is 199 Å². The van der Waals surface area contributed by atoms with Crippen molar-refractivity contribution < 1.29 is 4.79 Å². The van der Waals surface area contributed by atoms with Crippen LogP contribution in [-0.4, -0.2) is 70.7 Å². The first-order valence-corrected chi connectivity index (χ1v) is 12.2. The first-order valence-electron chi connectivity index (χ1n) is 12.2. The molecule has 1 amide bonds. The minimum atomic E-state index is 0.0441. The molecule has 7 nitrogen and oxygen atoms in total. The van der Waals surface area contributed by atoms with E-state index in [0.717, 1.165) is 72.4 Å². The van der Waals surface area contributed by atoms with Crippen LogP contribution in [0.25, 0.3) is 33.1 Å². The number of anilines is 1. The molecule has 4 aromatic rings. The van der Waals surface area contributed by atoms with E-state index in [9.17, 15) is 4.79 Å². The highest BCUT2D eigenvalue weighted by molar-refractivity contribution is 6.07. The minimum Gasteiger partial charge on any atom is -0.325 e. The van der Waals surface area contributed by atoms with Gasteiger partial charge in [-0.25, -0.2) is 4.98 Å². The van der Waals surface area contributed by atoms with Gasteiger partial charge in [0.25, 0.3) is 0 Å². The van der Waals surface area contributed by atoms with Gasteiger partial charge in [-0.15, -0.1) is 0 Å². The Morgan fingerprint density at radius 3 is 2.56 bits per heavy atom. The zero-order valence-electron chi connectivity index (χ0n) is 19.6. The third-order valence-corrected chi connectivity index (χ3v) is 7.30. The zero-order chi connectivity index (χ0) is 23.1. The largest absolute Gasteiger partial charge is 0.325 e. The van der Waals surface area contributed by atoms with Crippen molar-refractivity contribution in [3.8, 4) is 11.3 Å². The first kappa shape index (κ1) is 21.3. The Balaban J connectivity index is 1.27. The number of nitrogens with one attached hydrogen (secondary N) is 2. The molecule has 1 aliphatic carbocycles. The number of aromatic amines is 1. The average Bonchev–Trinajstić information content (AvgIpc) is 3.34. The fourth-order valence-electron chi connectivity index (χ4n) is 5.41. The molecule has 174 valence electrons. The minimum absolute atomic E-state index is 0.0441. The summed E-state index contributed by atoms with van der Waals surface area (Å²) in [4.78, 5) is 22.2. The van der Waals surface area contributed by atoms with E-state index in [1.165, 1.54) is 29.4 Å². The number of fused-ring (bicyclic) bond motifs is 5. The molecule has 1 fully saturated rings. The van der Waals surface area contributed by atoms with Crippen molar-refractivity contribution in [1.29, 1.82) is 0 Å². The quantitative estimate of drug-likeness (QED) is 0.490. The SMILES string of the molecule is CN1CCN(CC(=O)Nc2ccc(-c3nc4ccc5[nH]ncc5c4c4c3CCCC4)cc2)CC1. The highest BCUT2D eigenvalue weighted by Gasteiger charge is 2.21. The maximum Gasteiger partial charge on any atom is 0.238 e. The van der Waals surface area contributed by atoms with Gasteiger partial charge in [0.15, 0.2) is 0 Å². The Morgan fingerprint density at radius 2 is 1.76 bits per heavy atom. The Bertz CT molecular complexity index is 1350. The van der Waals surface area contributed by atoms with Gasteiger partial charge >= 0.3 is 0 Å². The summed E-state index contributed by atoms with van der Waals surface area (Å²) >= 11 is 0. The summed E-state index contributed by atoms with van der Waals surface area (Å²) in [6, 6.07) is 12.3. The molecule has 0 bridgehead atoms. The van der Waals surface area contributed by atoms with Crippen molar-refractivity contribution in [3.63, 3.8) is 0 Å². The summed E-state index contributed by atoms with van der Waals surface area (Å²) in [5.41, 5.74) is 7.87. The Hall–Kier alpha value is -3.29. The number of aromatic nitrogens is 3. The highest BCUT2D eigenvalue weighted by atomic mass is 16.2. The lowest BCUT2D eigenvalue weighted by molar-refractivity contribution is -0.117. The van der Waals surface area contributed by atoms with Gasteiger partial charge in [-0.05, 0) is 68.1 Å². The van der Waals surface area contributed by atoms with Crippen molar-refractivity contribution in [2.45, 2.75) is 25.7 Å². The van der Waals surface area contributed by atoms with Crippen molar-refractivity contribution in [3.05, 3.63) is 53.7 Å². The molecule has 34 heavy (non-hydrogen) atoms. The Morgan fingerprint density at radius 1 is 1.00 bits per heavy atom. The summed E-state index contributed by atoms with van der Waals surface area (Å²) < 4.78 is 0. The predicted molar refractivity (Wildman–Crippen MR) is 136 cm³/mol. The van der Waals surface area contributed by atoms with Gasteiger partial charge in [0, 0.05) is 48.2 Å². The lowest BCUT2D eigenvalue weighted by Crippen LogP contribution is -2.47. The molecule has 2 aromatic heterocycles. The molecule has 1 aliphatic heterocycles. The molecule has 0 atom stereocenters. The Kier molecular flexibility index (Phi) is 5.51. The second-order valence-electron chi connectivity index (χ2n) is 9.62. The third-order valence-electron chi connectivity index (χ3n) is 7.30. The second-order valence-corrected chi connectivity index (χ2v) is 9.62. The molecule has 0 spiro atoms. The lowest BCUT2D eigenvalue weighted by atomic mass is 9.85. The number of carbonyl (C=O) groups excluding carboxylic acids is 1. The molecule has 2 aliphatic rings. The van der Waals surface area contributed by atoms with E-state index in [2.05, 4.69) is 56.6 Å². The molecule has 1 saturated heterocycles. The van der Waals surface area contributed by atoms with Crippen LogP contribution in [0.3, 0.4) is 0 Å². The lowest BCUT2D eigenvalue weighted by Gasteiger charge is -2.31. The fourth-order valence-corrected chi connectivity index (χ4v) is 5.41. The van der Waals surface area contributed by atoms with Gasteiger partial charge in [0.05, 0.1) is 29.5 Å². The molecular formula is C27H30N6O. The number of nitrogens with zero attached hydrogens (tertiary/aromatic N) is 4. The maximum atomic E-state index is 12.6. The summed E-state index contributed by atoms with van der Waals surface area (Å²) in [6.45, 7) is 4.34. The van der Waals surface area contributed by atoms with E-state index < -0.39 is 0 Å². The smallest absolute Gasteiger partial charge is 0.238 e. The first-order chi connectivity index (χ1) is 16.7. The normalized spacial score (nSPS) is 17.2. The number of rotatable bonds is 4. The molecule has 6 rings (SSSR count). The van der Waals surface area contributed by atoms with Crippen molar-refractivity contribution in [1.82, 2.24) is 25.0 Å². The number of carbonyl (C=O) groups is 1. The third kappa shape index (κ3) is 3.95. The topological polar surface area (TPSA) is 77.1 Å².